The largest absolute Gasteiger partial charge is 0.469 e. The molecule has 0 radical (unpaired) electrons. The van der Waals surface area contributed by atoms with Crippen LogP contribution in [0.5, 0.6) is 0 Å². The van der Waals surface area contributed by atoms with E-state index in [4.69, 9.17) is 4.74 Å². The number of rotatable bonds is 1. The number of Topliss-reactive ketones (excluding diaryl/α,β-unsaturated/α-hetero) is 1. The molecule has 0 aliphatic heterocycles. The number of allylic oxidation sites excluding steroid dienone is 3. The summed E-state index contributed by atoms with van der Waals surface area (Å²) in [7, 11) is 1.46. The molecule has 0 aromatic carbocycles. The zero-order valence-corrected chi connectivity index (χ0v) is 23.4. The average Bonchev–Trinajstić information content (AvgIpc) is 2.82. The number of nitrogens with zero attached hydrogens (tertiary/aromatic N) is 1. The molecule has 0 saturated heterocycles. The van der Waals surface area contributed by atoms with Gasteiger partial charge in [0.05, 0.1) is 18.1 Å². The minimum absolute atomic E-state index is 0.0299. The molecular formula is C31H41NO5. The number of carbonyl (C=O) groups is 3. The summed E-state index contributed by atoms with van der Waals surface area (Å²) in [4.78, 5) is 40.6. The lowest BCUT2D eigenvalue weighted by Crippen LogP contribution is -2.66. The van der Waals surface area contributed by atoms with Crippen molar-refractivity contribution in [2.24, 2.45) is 44.8 Å². The molecule has 5 rings (SSSR count). The first-order valence-electron chi connectivity index (χ1n) is 13.8. The maximum Gasteiger partial charge on any atom is 0.312 e. The predicted molar refractivity (Wildman–Crippen MR) is 138 cm³/mol. The molecular weight excluding hydrogens is 466 g/mol. The summed E-state index contributed by atoms with van der Waals surface area (Å²) in [6.45, 7) is 12.5. The van der Waals surface area contributed by atoms with Gasteiger partial charge in [-0.1, -0.05) is 46.3 Å². The maximum atomic E-state index is 14.3. The van der Waals surface area contributed by atoms with Gasteiger partial charge in [-0.2, -0.15) is 5.26 Å². The Morgan fingerprint density at radius 3 is 2.32 bits per heavy atom. The van der Waals surface area contributed by atoms with Crippen LogP contribution in [-0.4, -0.2) is 35.4 Å². The van der Waals surface area contributed by atoms with Crippen LogP contribution in [0.4, 0.5) is 0 Å². The number of hydrogen-bond donors (Lipinski definition) is 1. The van der Waals surface area contributed by atoms with E-state index in [0.29, 0.717) is 12.8 Å². The molecule has 0 aromatic rings. The van der Waals surface area contributed by atoms with Crippen molar-refractivity contribution in [1.29, 1.82) is 5.26 Å². The van der Waals surface area contributed by atoms with Gasteiger partial charge in [0.15, 0.2) is 5.78 Å². The SMILES string of the molecule is COC(=O)[C@]12CCC(C)(C)CC1C1C(=O)C=C3[C@@]4(C)C=C(C#N)C(=O)[C@](C)(O)[C@@H]4CC[C@@]3(C)[C@]1(C)CC2. The normalized spacial score (nSPS) is 48.2. The van der Waals surface area contributed by atoms with Crippen molar-refractivity contribution in [3.8, 4) is 6.07 Å². The highest BCUT2D eigenvalue weighted by Gasteiger charge is 2.71. The van der Waals surface area contributed by atoms with E-state index in [1.807, 2.05) is 13.0 Å². The third-order valence-corrected chi connectivity index (χ3v) is 12.1. The van der Waals surface area contributed by atoms with Crippen LogP contribution < -0.4 is 0 Å². The molecule has 0 amide bonds. The molecule has 1 N–H and O–H groups in total. The van der Waals surface area contributed by atoms with Gasteiger partial charge in [-0.05, 0) is 80.1 Å². The van der Waals surface area contributed by atoms with E-state index in [2.05, 4.69) is 27.7 Å². The molecule has 200 valence electrons. The average molecular weight is 508 g/mol. The zero-order valence-electron chi connectivity index (χ0n) is 23.4. The minimum atomic E-state index is -1.67. The first kappa shape index (κ1) is 26.4. The van der Waals surface area contributed by atoms with Crippen LogP contribution in [0.1, 0.15) is 86.5 Å². The van der Waals surface area contributed by atoms with Crippen LogP contribution in [0.25, 0.3) is 0 Å². The van der Waals surface area contributed by atoms with Crippen LogP contribution in [0, 0.1) is 56.2 Å². The van der Waals surface area contributed by atoms with Crippen LogP contribution >= 0.6 is 0 Å². The lowest BCUT2D eigenvalue weighted by molar-refractivity contribution is -0.192. The Balaban J connectivity index is 1.71. The van der Waals surface area contributed by atoms with E-state index in [0.717, 1.165) is 37.7 Å². The monoisotopic (exact) mass is 507 g/mol. The summed E-state index contributed by atoms with van der Waals surface area (Å²) in [6.07, 6.45) is 8.76. The number of carbonyl (C=O) groups excluding carboxylic acids is 3. The number of esters is 1. The van der Waals surface area contributed by atoms with Crippen LogP contribution in [0.2, 0.25) is 0 Å². The van der Waals surface area contributed by atoms with Crippen LogP contribution in [0.15, 0.2) is 23.3 Å². The van der Waals surface area contributed by atoms with Gasteiger partial charge in [0.2, 0.25) is 5.78 Å². The fraction of sp³-hybridized carbons (Fsp3) is 0.742. The highest BCUT2D eigenvalue weighted by molar-refractivity contribution is 6.06. The van der Waals surface area contributed by atoms with Gasteiger partial charge in [-0.3, -0.25) is 14.4 Å². The highest BCUT2D eigenvalue weighted by Crippen LogP contribution is 2.74. The molecule has 0 spiro atoms. The lowest BCUT2D eigenvalue weighted by Gasteiger charge is -2.68. The lowest BCUT2D eigenvalue weighted by atomic mass is 9.34. The molecule has 3 saturated carbocycles. The van der Waals surface area contributed by atoms with E-state index in [-0.39, 0.29) is 40.0 Å². The second kappa shape index (κ2) is 7.65. The van der Waals surface area contributed by atoms with E-state index < -0.39 is 33.5 Å². The molecule has 5 aliphatic rings. The number of hydrogen-bond acceptors (Lipinski definition) is 6. The van der Waals surface area contributed by atoms with Gasteiger partial charge in [0, 0.05) is 17.3 Å². The molecule has 3 fully saturated rings. The quantitative estimate of drug-likeness (QED) is 0.495. The third kappa shape index (κ3) is 3.10. The Kier molecular flexibility index (Phi) is 5.45. The van der Waals surface area contributed by atoms with Gasteiger partial charge < -0.3 is 9.84 Å². The van der Waals surface area contributed by atoms with E-state index in [1.165, 1.54) is 14.0 Å². The second-order valence-electron chi connectivity index (χ2n) is 14.3. The fourth-order valence-corrected chi connectivity index (χ4v) is 9.87. The second-order valence-corrected chi connectivity index (χ2v) is 14.3. The van der Waals surface area contributed by atoms with E-state index in [9.17, 15) is 24.8 Å². The first-order valence-corrected chi connectivity index (χ1v) is 13.8. The number of ketones is 2. The van der Waals surface area contributed by atoms with Crippen molar-refractivity contribution in [2.75, 3.05) is 7.11 Å². The minimum Gasteiger partial charge on any atom is -0.469 e. The summed E-state index contributed by atoms with van der Waals surface area (Å²) >= 11 is 0. The van der Waals surface area contributed by atoms with E-state index >= 15 is 0 Å². The van der Waals surface area contributed by atoms with Crippen molar-refractivity contribution in [1.82, 2.24) is 0 Å². The van der Waals surface area contributed by atoms with Gasteiger partial charge >= 0.3 is 5.97 Å². The smallest absolute Gasteiger partial charge is 0.312 e. The van der Waals surface area contributed by atoms with Crippen molar-refractivity contribution >= 4 is 17.5 Å². The Labute approximate surface area is 220 Å². The molecule has 5 aliphatic carbocycles. The number of ether oxygens (including phenoxy) is 1. The van der Waals surface area contributed by atoms with Crippen LogP contribution in [0.3, 0.4) is 0 Å². The van der Waals surface area contributed by atoms with Crippen molar-refractivity contribution in [3.05, 3.63) is 23.3 Å². The molecule has 6 nitrogen and oxygen atoms in total. The Bertz CT molecular complexity index is 1200. The Morgan fingerprint density at radius 1 is 1.05 bits per heavy atom. The molecule has 0 heterocycles. The molecule has 37 heavy (non-hydrogen) atoms. The maximum absolute atomic E-state index is 14.3. The number of aliphatic hydroxyl groups is 1. The summed E-state index contributed by atoms with van der Waals surface area (Å²) in [5.41, 5.74) is -2.94. The topological polar surface area (TPSA) is 104 Å². The third-order valence-electron chi connectivity index (χ3n) is 12.1. The summed E-state index contributed by atoms with van der Waals surface area (Å²) in [6, 6.07) is 2.01. The molecule has 6 heteroatoms. The number of fused-ring (bicyclic) bond motifs is 7. The van der Waals surface area contributed by atoms with Crippen molar-refractivity contribution < 1.29 is 24.2 Å². The Hall–Kier alpha value is -2.26. The van der Waals surface area contributed by atoms with Crippen molar-refractivity contribution in [2.45, 2.75) is 92.1 Å². The molecule has 8 atom stereocenters. The Morgan fingerprint density at radius 2 is 1.70 bits per heavy atom. The predicted octanol–water partition coefficient (Wildman–Crippen LogP) is 5.10. The highest BCUT2D eigenvalue weighted by atomic mass is 16.5. The molecule has 2 unspecified atom stereocenters. The van der Waals surface area contributed by atoms with Gasteiger partial charge in [0.1, 0.15) is 11.7 Å². The van der Waals surface area contributed by atoms with Crippen LogP contribution in [-0.2, 0) is 19.1 Å². The number of nitriles is 1. The van der Waals surface area contributed by atoms with Gasteiger partial charge in [0.25, 0.3) is 0 Å². The summed E-state index contributed by atoms with van der Waals surface area (Å²) < 4.78 is 5.38. The summed E-state index contributed by atoms with van der Waals surface area (Å²) in [5.74, 6) is -1.49. The van der Waals surface area contributed by atoms with E-state index in [1.54, 1.807) is 12.2 Å². The van der Waals surface area contributed by atoms with Crippen molar-refractivity contribution in [3.63, 3.8) is 0 Å². The molecule has 0 aromatic heterocycles. The van der Waals surface area contributed by atoms with Gasteiger partial charge in [-0.25, -0.2) is 0 Å². The fourth-order valence-electron chi connectivity index (χ4n) is 9.87. The zero-order chi connectivity index (χ0) is 27.4. The molecule has 0 bridgehead atoms. The first-order chi connectivity index (χ1) is 17.0. The standard InChI is InChI=1S/C31H41NO5/c1-26(2)10-12-31(25(35)37-7)13-11-29(5)23(19(31)16-26)20(33)14-22-27(3)15-18(17-32)24(34)30(6,36)21(27)8-9-28(22,29)4/h14-15,19,21,23,36H,8-13,16H2,1-7H3/t19?,21-,23?,27+,28-,29-,30-,31+/m1/s1. The summed E-state index contributed by atoms with van der Waals surface area (Å²) in [5, 5.41) is 21.1. The van der Waals surface area contributed by atoms with Gasteiger partial charge in [-0.15, -0.1) is 0 Å². The number of methoxy groups -OCH3 is 1.